The largest absolute Gasteiger partial charge is 0.508 e. The van der Waals surface area contributed by atoms with Gasteiger partial charge in [0.1, 0.15) is 29.5 Å². The Balaban J connectivity index is 1.79. The van der Waals surface area contributed by atoms with Crippen molar-refractivity contribution < 1.29 is 29.3 Å². The molecular weight excluding hydrogens is 372 g/mol. The van der Waals surface area contributed by atoms with Crippen LogP contribution in [0.2, 0.25) is 0 Å². The molecule has 6 heteroatoms. The zero-order chi connectivity index (χ0) is 20.8. The Labute approximate surface area is 170 Å². The molecular formula is C23H26O6. The number of benzene rings is 2. The second-order valence-electron chi connectivity index (χ2n) is 7.27. The predicted molar refractivity (Wildman–Crippen MR) is 107 cm³/mol. The van der Waals surface area contributed by atoms with Gasteiger partial charge in [-0.3, -0.25) is 0 Å². The van der Waals surface area contributed by atoms with Crippen molar-refractivity contribution in [2.24, 2.45) is 0 Å². The van der Waals surface area contributed by atoms with E-state index in [1.807, 2.05) is 30.3 Å². The minimum absolute atomic E-state index is 0.0300. The van der Waals surface area contributed by atoms with E-state index in [1.54, 1.807) is 0 Å². The molecule has 154 valence electrons. The first-order valence-corrected chi connectivity index (χ1v) is 9.93. The van der Waals surface area contributed by atoms with Crippen molar-refractivity contribution in [3.05, 3.63) is 59.2 Å². The molecule has 29 heavy (non-hydrogen) atoms. The fraction of sp³-hybridized carbons (Fsp3) is 0.391. The van der Waals surface area contributed by atoms with Gasteiger partial charge in [-0.1, -0.05) is 50.1 Å². The molecule has 3 atom stereocenters. The molecule has 2 unspecified atom stereocenters. The Hall–Kier alpha value is -2.86. The third kappa shape index (κ3) is 5.35. The lowest BCUT2D eigenvalue weighted by Gasteiger charge is -2.19. The summed E-state index contributed by atoms with van der Waals surface area (Å²) in [6, 6.07) is 11.7. The summed E-state index contributed by atoms with van der Waals surface area (Å²) in [5.74, 6) is -1.37. The maximum atomic E-state index is 12.9. The Bertz CT molecular complexity index is 848. The van der Waals surface area contributed by atoms with Crippen LogP contribution in [0.15, 0.2) is 42.5 Å². The minimum Gasteiger partial charge on any atom is -0.508 e. The highest BCUT2D eigenvalue weighted by atomic mass is 16.6. The molecule has 1 saturated heterocycles. The lowest BCUT2D eigenvalue weighted by atomic mass is 10.0. The van der Waals surface area contributed by atoms with Gasteiger partial charge < -0.3 is 24.5 Å². The zero-order valence-electron chi connectivity index (χ0n) is 16.4. The van der Waals surface area contributed by atoms with Crippen LogP contribution >= 0.6 is 0 Å². The molecule has 0 bridgehead atoms. The quantitative estimate of drug-likeness (QED) is 0.356. The van der Waals surface area contributed by atoms with Crippen molar-refractivity contribution in [3.63, 3.8) is 0 Å². The molecule has 6 nitrogen and oxygen atoms in total. The van der Waals surface area contributed by atoms with E-state index in [1.165, 1.54) is 6.07 Å². The van der Waals surface area contributed by atoms with Gasteiger partial charge in [0.25, 0.3) is 0 Å². The van der Waals surface area contributed by atoms with E-state index >= 15 is 0 Å². The van der Waals surface area contributed by atoms with E-state index in [9.17, 15) is 19.8 Å². The summed E-state index contributed by atoms with van der Waals surface area (Å²) >= 11 is 0. The van der Waals surface area contributed by atoms with E-state index in [-0.39, 0.29) is 35.5 Å². The number of hydrogen-bond acceptors (Lipinski definition) is 6. The van der Waals surface area contributed by atoms with Crippen molar-refractivity contribution in [2.45, 2.75) is 57.3 Å². The number of aromatic hydroxyl groups is 2. The number of unbranched alkanes of at least 4 members (excludes halogenated alkanes) is 1. The Kier molecular flexibility index (Phi) is 6.88. The second-order valence-corrected chi connectivity index (χ2v) is 7.27. The van der Waals surface area contributed by atoms with Gasteiger partial charge in [0.15, 0.2) is 0 Å². The SMILES string of the molecule is CCCCC1OC1C[C@@H](OC(=O)c1c(O)cc(O)cc1CC=O)c1ccccc1. The van der Waals surface area contributed by atoms with E-state index in [4.69, 9.17) is 9.47 Å². The van der Waals surface area contributed by atoms with E-state index in [0.717, 1.165) is 30.9 Å². The lowest BCUT2D eigenvalue weighted by molar-refractivity contribution is -0.107. The van der Waals surface area contributed by atoms with Crippen LogP contribution in [0.25, 0.3) is 0 Å². The number of phenols is 2. The maximum absolute atomic E-state index is 12.9. The van der Waals surface area contributed by atoms with Crippen LogP contribution < -0.4 is 0 Å². The summed E-state index contributed by atoms with van der Waals surface area (Å²) in [4.78, 5) is 23.9. The van der Waals surface area contributed by atoms with Crippen LogP contribution in [0, 0.1) is 0 Å². The number of carbonyl (C=O) groups excluding carboxylic acids is 2. The number of ether oxygens (including phenoxy) is 2. The monoisotopic (exact) mass is 398 g/mol. The smallest absolute Gasteiger partial charge is 0.342 e. The van der Waals surface area contributed by atoms with Gasteiger partial charge in [0.2, 0.25) is 0 Å². The number of hydrogen-bond donors (Lipinski definition) is 2. The summed E-state index contributed by atoms with van der Waals surface area (Å²) < 4.78 is 11.5. The summed E-state index contributed by atoms with van der Waals surface area (Å²) in [7, 11) is 0. The van der Waals surface area contributed by atoms with E-state index in [0.29, 0.717) is 12.7 Å². The molecule has 3 rings (SSSR count). The number of rotatable bonds is 10. The first-order valence-electron chi connectivity index (χ1n) is 9.93. The molecule has 0 aliphatic carbocycles. The van der Waals surface area contributed by atoms with E-state index in [2.05, 4.69) is 6.92 Å². The number of aldehydes is 1. The van der Waals surface area contributed by atoms with Crippen LogP contribution in [0.1, 0.15) is 60.2 Å². The summed E-state index contributed by atoms with van der Waals surface area (Å²) in [6.45, 7) is 2.13. The predicted octanol–water partition coefficient (Wildman–Crippen LogP) is 4.09. The number of phenolic OH excluding ortho intramolecular Hbond substituents is 2. The van der Waals surface area contributed by atoms with Gasteiger partial charge in [-0.2, -0.15) is 0 Å². The van der Waals surface area contributed by atoms with Gasteiger partial charge >= 0.3 is 5.97 Å². The second kappa shape index (κ2) is 9.56. The highest BCUT2D eigenvalue weighted by Gasteiger charge is 2.41. The Morgan fingerprint density at radius 1 is 1.21 bits per heavy atom. The molecule has 1 aliphatic heterocycles. The van der Waals surface area contributed by atoms with Crippen molar-refractivity contribution in [1.82, 2.24) is 0 Å². The number of carbonyl (C=O) groups is 2. The summed E-state index contributed by atoms with van der Waals surface area (Å²) in [5.41, 5.74) is 0.952. The van der Waals surface area contributed by atoms with Gasteiger partial charge in [0.05, 0.1) is 12.2 Å². The Morgan fingerprint density at radius 3 is 2.66 bits per heavy atom. The number of epoxide rings is 1. The molecule has 0 radical (unpaired) electrons. The molecule has 1 heterocycles. The maximum Gasteiger partial charge on any atom is 0.342 e. The van der Waals surface area contributed by atoms with Crippen LogP contribution in [-0.4, -0.2) is 34.7 Å². The summed E-state index contributed by atoms with van der Waals surface area (Å²) in [6.07, 6.45) is 3.86. The summed E-state index contributed by atoms with van der Waals surface area (Å²) in [5, 5.41) is 19.9. The molecule has 1 aliphatic rings. The lowest BCUT2D eigenvalue weighted by Crippen LogP contribution is -2.16. The Morgan fingerprint density at radius 2 is 1.97 bits per heavy atom. The van der Waals surface area contributed by atoms with Crippen molar-refractivity contribution in [2.75, 3.05) is 0 Å². The van der Waals surface area contributed by atoms with Crippen LogP contribution in [0.4, 0.5) is 0 Å². The van der Waals surface area contributed by atoms with Gasteiger partial charge in [-0.25, -0.2) is 4.79 Å². The van der Waals surface area contributed by atoms with Gasteiger partial charge in [-0.15, -0.1) is 0 Å². The van der Waals surface area contributed by atoms with Crippen molar-refractivity contribution in [1.29, 1.82) is 0 Å². The van der Waals surface area contributed by atoms with Crippen LogP contribution in [0.3, 0.4) is 0 Å². The molecule has 0 amide bonds. The third-order valence-electron chi connectivity index (χ3n) is 5.09. The van der Waals surface area contributed by atoms with E-state index < -0.39 is 17.8 Å². The molecule has 2 aromatic rings. The molecule has 2 N–H and O–H groups in total. The average molecular weight is 398 g/mol. The zero-order valence-corrected chi connectivity index (χ0v) is 16.4. The fourth-order valence-electron chi connectivity index (χ4n) is 3.52. The molecule has 0 aromatic heterocycles. The van der Waals surface area contributed by atoms with Gasteiger partial charge in [-0.05, 0) is 23.6 Å². The van der Waals surface area contributed by atoms with Crippen molar-refractivity contribution in [3.8, 4) is 11.5 Å². The fourth-order valence-corrected chi connectivity index (χ4v) is 3.52. The third-order valence-corrected chi connectivity index (χ3v) is 5.09. The van der Waals surface area contributed by atoms with Crippen LogP contribution in [-0.2, 0) is 20.7 Å². The van der Waals surface area contributed by atoms with Crippen molar-refractivity contribution >= 4 is 12.3 Å². The topological polar surface area (TPSA) is 96.4 Å². The number of esters is 1. The highest BCUT2D eigenvalue weighted by Crippen LogP contribution is 2.37. The molecule has 0 saturated carbocycles. The minimum atomic E-state index is -0.737. The van der Waals surface area contributed by atoms with Gasteiger partial charge in [0, 0.05) is 18.9 Å². The first-order chi connectivity index (χ1) is 14.0. The first kappa shape index (κ1) is 20.9. The normalized spacial score (nSPS) is 18.8. The highest BCUT2D eigenvalue weighted by molar-refractivity contribution is 5.95. The standard InChI is InChI=1S/C23H26O6/c1-2-3-9-19-21(28-19)14-20(15-7-5-4-6-8-15)29-23(27)22-16(10-11-24)12-17(25)13-18(22)26/h4-8,11-13,19-21,25-26H,2-3,9-10,14H2,1H3/t19?,20-,21?/m1/s1. The molecule has 1 fully saturated rings. The molecule has 0 spiro atoms. The molecule has 2 aromatic carbocycles. The van der Waals surface area contributed by atoms with Crippen LogP contribution in [0.5, 0.6) is 11.5 Å². The average Bonchev–Trinajstić information content (AvgIpc) is 3.44.